The quantitative estimate of drug-likeness (QED) is 0.425. The van der Waals surface area contributed by atoms with E-state index in [2.05, 4.69) is 37.9 Å². The van der Waals surface area contributed by atoms with E-state index < -0.39 is 18.1 Å². The van der Waals surface area contributed by atoms with Crippen LogP contribution in [0.25, 0.3) is 11.2 Å². The third kappa shape index (κ3) is 3.54. The Labute approximate surface area is 194 Å². The van der Waals surface area contributed by atoms with Crippen molar-refractivity contribution in [1.29, 1.82) is 0 Å². The number of fused-ring (bicyclic) bond motifs is 2. The molecular formula is C21H28IN5O4. The number of nitrogens with one attached hydrogen (secondary N) is 1. The van der Waals surface area contributed by atoms with Crippen LogP contribution in [0.1, 0.15) is 52.2 Å². The van der Waals surface area contributed by atoms with Gasteiger partial charge < -0.3 is 24.6 Å². The van der Waals surface area contributed by atoms with Crippen LogP contribution in [0.3, 0.4) is 0 Å². The lowest BCUT2D eigenvalue weighted by Gasteiger charge is -2.35. The number of rotatable bonds is 6. The van der Waals surface area contributed by atoms with Crippen molar-refractivity contribution in [2.75, 3.05) is 11.9 Å². The Morgan fingerprint density at radius 3 is 2.61 bits per heavy atom. The predicted molar refractivity (Wildman–Crippen MR) is 120 cm³/mol. The van der Waals surface area contributed by atoms with Gasteiger partial charge in [0.1, 0.15) is 18.3 Å². The molecular weight excluding hydrogens is 513 g/mol. The topological polar surface area (TPSA) is 104 Å². The van der Waals surface area contributed by atoms with E-state index >= 15 is 0 Å². The standard InChI is InChI=1S/C21H28IN5O4/c1-21(2)30-15-12(8-28)29-19(16(15)31-21)27-9-23-14-17(25-20(22)26-18(14)27)24-13(11-6-7-11)10-4-3-5-10/h9-13,15-16,19,28H,3-8H2,1-2H3,(H,24,25,26)/t12-,13-,15-,16-,19-/m1/s1. The maximum absolute atomic E-state index is 9.82. The van der Waals surface area contributed by atoms with E-state index in [1.165, 1.54) is 32.1 Å². The molecule has 0 unspecified atom stereocenters. The molecule has 2 aromatic rings. The predicted octanol–water partition coefficient (Wildman–Crippen LogP) is 2.83. The number of aromatic nitrogens is 4. The number of aliphatic hydroxyl groups is 1. The second-order valence-corrected chi connectivity index (χ2v) is 10.6. The largest absolute Gasteiger partial charge is 0.394 e. The first-order valence-electron chi connectivity index (χ1n) is 11.2. The molecule has 0 amide bonds. The zero-order valence-corrected chi connectivity index (χ0v) is 19.9. The van der Waals surface area contributed by atoms with Crippen LogP contribution in [-0.4, -0.2) is 61.4 Å². The molecule has 4 aliphatic rings. The highest BCUT2D eigenvalue weighted by Gasteiger charge is 2.56. The van der Waals surface area contributed by atoms with Gasteiger partial charge in [-0.25, -0.2) is 15.0 Å². The van der Waals surface area contributed by atoms with Crippen molar-refractivity contribution >= 4 is 39.6 Å². The monoisotopic (exact) mass is 541 g/mol. The minimum Gasteiger partial charge on any atom is -0.394 e. The van der Waals surface area contributed by atoms with Crippen molar-refractivity contribution in [3.63, 3.8) is 0 Å². The lowest BCUT2D eigenvalue weighted by molar-refractivity contribution is -0.199. The summed E-state index contributed by atoms with van der Waals surface area (Å²) in [7, 11) is 0. The summed E-state index contributed by atoms with van der Waals surface area (Å²) in [5, 5.41) is 13.6. The molecule has 9 nitrogen and oxygen atoms in total. The zero-order chi connectivity index (χ0) is 21.3. The van der Waals surface area contributed by atoms with Crippen molar-refractivity contribution in [3.05, 3.63) is 10.2 Å². The lowest BCUT2D eigenvalue weighted by atomic mass is 9.78. The molecule has 2 aliphatic heterocycles. The van der Waals surface area contributed by atoms with E-state index in [9.17, 15) is 5.11 Å². The maximum atomic E-state index is 9.82. The summed E-state index contributed by atoms with van der Waals surface area (Å²) >= 11 is 2.16. The molecule has 2 saturated carbocycles. The second-order valence-electron chi connectivity index (χ2n) is 9.68. The fraction of sp³-hybridized carbons (Fsp3) is 0.762. The molecule has 10 heteroatoms. The van der Waals surface area contributed by atoms with Gasteiger partial charge in [-0.15, -0.1) is 0 Å². The van der Waals surface area contributed by atoms with Crippen LogP contribution >= 0.6 is 22.6 Å². The molecule has 2 aliphatic carbocycles. The molecule has 6 rings (SSSR count). The fourth-order valence-electron chi connectivity index (χ4n) is 5.24. The summed E-state index contributed by atoms with van der Waals surface area (Å²) in [4.78, 5) is 14.1. The summed E-state index contributed by atoms with van der Waals surface area (Å²) < 4.78 is 20.8. The molecule has 0 spiro atoms. The second kappa shape index (κ2) is 7.47. The van der Waals surface area contributed by atoms with Crippen LogP contribution in [0, 0.1) is 15.7 Å². The zero-order valence-electron chi connectivity index (χ0n) is 17.7. The average molecular weight is 541 g/mol. The molecule has 31 heavy (non-hydrogen) atoms. The van der Waals surface area contributed by atoms with E-state index in [0.717, 1.165) is 23.2 Å². The summed E-state index contributed by atoms with van der Waals surface area (Å²) in [5.41, 5.74) is 1.46. The Bertz CT molecular complexity index is 992. The molecule has 4 heterocycles. The van der Waals surface area contributed by atoms with Gasteiger partial charge in [0.2, 0.25) is 0 Å². The van der Waals surface area contributed by atoms with Crippen LogP contribution in [0.2, 0.25) is 0 Å². The Kier molecular flexibility index (Phi) is 4.95. The Hall–Kier alpha value is -1.08. The lowest BCUT2D eigenvalue weighted by Crippen LogP contribution is -2.36. The maximum Gasteiger partial charge on any atom is 0.194 e. The van der Waals surface area contributed by atoms with Crippen LogP contribution in [-0.2, 0) is 14.2 Å². The summed E-state index contributed by atoms with van der Waals surface area (Å²) in [5.74, 6) is 1.55. The van der Waals surface area contributed by atoms with Gasteiger partial charge in [0.05, 0.1) is 12.9 Å². The number of hydrogen-bond donors (Lipinski definition) is 2. The highest BCUT2D eigenvalue weighted by atomic mass is 127. The number of aliphatic hydroxyl groups excluding tert-OH is 1. The van der Waals surface area contributed by atoms with Gasteiger partial charge >= 0.3 is 0 Å². The summed E-state index contributed by atoms with van der Waals surface area (Å²) in [6, 6.07) is 0.464. The molecule has 168 valence electrons. The Balaban J connectivity index is 1.35. The molecule has 0 aromatic carbocycles. The highest BCUT2D eigenvalue weighted by molar-refractivity contribution is 14.1. The van der Waals surface area contributed by atoms with Gasteiger partial charge in [-0.2, -0.15) is 0 Å². The third-order valence-corrected chi connectivity index (χ3v) is 7.55. The van der Waals surface area contributed by atoms with Gasteiger partial charge in [-0.05, 0) is 51.4 Å². The number of hydrogen-bond acceptors (Lipinski definition) is 8. The summed E-state index contributed by atoms with van der Waals surface area (Å²) in [6.45, 7) is 3.64. The summed E-state index contributed by atoms with van der Waals surface area (Å²) in [6.07, 6.45) is 6.64. The SMILES string of the molecule is CC1(C)O[C@@H]2[C@H](O1)[C@@H](CO)O[C@H]2n1cnc2c(N[C@H](C3CCC3)C3CC3)nc(I)nc21. The van der Waals surface area contributed by atoms with E-state index in [4.69, 9.17) is 19.2 Å². The first-order chi connectivity index (χ1) is 14.9. The Morgan fingerprint density at radius 2 is 1.94 bits per heavy atom. The smallest absolute Gasteiger partial charge is 0.194 e. The van der Waals surface area contributed by atoms with Gasteiger partial charge in [0.25, 0.3) is 0 Å². The molecule has 2 saturated heterocycles. The number of anilines is 1. The van der Waals surface area contributed by atoms with Gasteiger partial charge in [-0.1, -0.05) is 6.42 Å². The van der Waals surface area contributed by atoms with Crippen LogP contribution < -0.4 is 5.32 Å². The molecule has 4 fully saturated rings. The molecule has 5 atom stereocenters. The normalized spacial score (nSPS) is 33.4. The van der Waals surface area contributed by atoms with Crippen molar-refractivity contribution in [2.45, 2.75) is 82.3 Å². The van der Waals surface area contributed by atoms with E-state index in [0.29, 0.717) is 15.5 Å². The van der Waals surface area contributed by atoms with Crippen LogP contribution in [0.4, 0.5) is 5.82 Å². The number of halogens is 1. The fourth-order valence-corrected chi connectivity index (χ4v) is 5.71. The van der Waals surface area contributed by atoms with Gasteiger partial charge in [-0.3, -0.25) is 4.57 Å². The number of nitrogens with zero attached hydrogens (tertiary/aromatic N) is 4. The van der Waals surface area contributed by atoms with E-state index in [1.807, 2.05) is 18.4 Å². The van der Waals surface area contributed by atoms with Crippen molar-refractivity contribution in [3.8, 4) is 0 Å². The van der Waals surface area contributed by atoms with Crippen molar-refractivity contribution < 1.29 is 19.3 Å². The van der Waals surface area contributed by atoms with Crippen molar-refractivity contribution in [1.82, 2.24) is 19.5 Å². The van der Waals surface area contributed by atoms with Crippen molar-refractivity contribution in [2.24, 2.45) is 11.8 Å². The number of imidazole rings is 1. The van der Waals surface area contributed by atoms with E-state index in [1.54, 1.807) is 6.33 Å². The highest BCUT2D eigenvalue weighted by Crippen LogP contribution is 2.45. The van der Waals surface area contributed by atoms with Crippen LogP contribution in [0.5, 0.6) is 0 Å². The van der Waals surface area contributed by atoms with Crippen LogP contribution in [0.15, 0.2) is 6.33 Å². The minimum atomic E-state index is -0.725. The minimum absolute atomic E-state index is 0.131. The molecule has 0 bridgehead atoms. The molecule has 0 radical (unpaired) electrons. The third-order valence-electron chi connectivity index (χ3n) is 7.06. The molecule has 2 aromatic heterocycles. The average Bonchev–Trinajstić information content (AvgIpc) is 3.26. The Morgan fingerprint density at radius 1 is 1.19 bits per heavy atom. The number of ether oxygens (including phenoxy) is 3. The van der Waals surface area contributed by atoms with Gasteiger partial charge in [0.15, 0.2) is 32.8 Å². The molecule has 2 N–H and O–H groups in total. The first-order valence-corrected chi connectivity index (χ1v) is 12.3. The van der Waals surface area contributed by atoms with E-state index in [-0.39, 0.29) is 18.8 Å². The van der Waals surface area contributed by atoms with Gasteiger partial charge in [0, 0.05) is 28.6 Å². The first kappa shape index (κ1) is 20.5.